The molecule has 1 fully saturated rings. The van der Waals surface area contributed by atoms with Crippen LogP contribution in [-0.4, -0.2) is 56.5 Å². The lowest BCUT2D eigenvalue weighted by Gasteiger charge is -2.34. The molecule has 4 aromatic rings. The number of piperazine rings is 1. The molecule has 0 N–H and O–H groups in total. The largest absolute Gasteiger partial charge is 0.335 e. The highest BCUT2D eigenvalue weighted by Gasteiger charge is 2.26. The van der Waals surface area contributed by atoms with E-state index in [4.69, 9.17) is 10.1 Å². The van der Waals surface area contributed by atoms with E-state index >= 15 is 0 Å². The molecular formula is C28H31N5O. The zero-order chi connectivity index (χ0) is 23.7. The molecule has 0 atom stereocenters. The Labute approximate surface area is 200 Å². The number of nitrogens with zero attached hydrogens (tertiary/aromatic N) is 5. The second-order valence-corrected chi connectivity index (χ2v) is 10.00. The minimum absolute atomic E-state index is 0.0162. The van der Waals surface area contributed by atoms with Gasteiger partial charge in [-0.1, -0.05) is 81.4 Å². The van der Waals surface area contributed by atoms with Crippen molar-refractivity contribution in [2.45, 2.75) is 32.7 Å². The van der Waals surface area contributed by atoms with Crippen LogP contribution in [0.15, 0.2) is 72.8 Å². The number of fused-ring (bicyclic) bond motifs is 1. The van der Waals surface area contributed by atoms with Crippen LogP contribution in [0.1, 0.15) is 42.5 Å². The fourth-order valence-electron chi connectivity index (χ4n) is 4.38. The smallest absolute Gasteiger partial charge is 0.272 e. The highest BCUT2D eigenvalue weighted by molar-refractivity contribution is 5.94. The van der Waals surface area contributed by atoms with E-state index in [1.54, 1.807) is 0 Å². The van der Waals surface area contributed by atoms with Gasteiger partial charge in [0.1, 0.15) is 5.69 Å². The van der Waals surface area contributed by atoms with Gasteiger partial charge < -0.3 is 4.90 Å². The first kappa shape index (κ1) is 22.3. The molecule has 2 aromatic heterocycles. The van der Waals surface area contributed by atoms with Crippen LogP contribution in [-0.2, 0) is 12.0 Å². The summed E-state index contributed by atoms with van der Waals surface area (Å²) in [5.41, 5.74) is 5.22. The van der Waals surface area contributed by atoms with Crippen molar-refractivity contribution in [2.24, 2.45) is 0 Å². The molecule has 0 spiro atoms. The van der Waals surface area contributed by atoms with Crippen LogP contribution >= 0.6 is 0 Å². The van der Waals surface area contributed by atoms with Crippen molar-refractivity contribution in [2.75, 3.05) is 26.2 Å². The number of carbonyl (C=O) groups excluding carboxylic acids is 1. The quantitative estimate of drug-likeness (QED) is 0.451. The summed E-state index contributed by atoms with van der Waals surface area (Å²) >= 11 is 0. The molecule has 34 heavy (non-hydrogen) atoms. The van der Waals surface area contributed by atoms with Crippen LogP contribution in [0.4, 0.5) is 0 Å². The predicted octanol–water partition coefficient (Wildman–Crippen LogP) is 4.65. The normalized spacial score (nSPS) is 15.1. The van der Waals surface area contributed by atoms with Gasteiger partial charge in [0.2, 0.25) is 0 Å². The molecule has 0 aliphatic carbocycles. The molecule has 0 radical (unpaired) electrons. The SMILES string of the molecule is CC(C)(C)c1cc2nc(C(=O)N3CCN(Cc4ccccc4)CC3)cc(-c3ccccc3)n2n1. The first-order valence-corrected chi connectivity index (χ1v) is 11.9. The molecule has 174 valence electrons. The average Bonchev–Trinajstić information content (AvgIpc) is 3.30. The number of carbonyl (C=O) groups is 1. The van der Waals surface area contributed by atoms with Crippen molar-refractivity contribution in [3.63, 3.8) is 0 Å². The van der Waals surface area contributed by atoms with E-state index in [0.29, 0.717) is 24.4 Å². The Bertz CT molecular complexity index is 1280. The van der Waals surface area contributed by atoms with E-state index in [-0.39, 0.29) is 11.3 Å². The molecule has 0 saturated carbocycles. The van der Waals surface area contributed by atoms with E-state index < -0.39 is 0 Å². The monoisotopic (exact) mass is 453 g/mol. The summed E-state index contributed by atoms with van der Waals surface area (Å²) in [6.07, 6.45) is 0. The summed E-state index contributed by atoms with van der Waals surface area (Å²) in [4.78, 5) is 22.6. The van der Waals surface area contributed by atoms with Gasteiger partial charge in [-0.05, 0) is 11.6 Å². The molecule has 3 heterocycles. The molecule has 1 aliphatic rings. The van der Waals surface area contributed by atoms with E-state index in [1.165, 1.54) is 5.56 Å². The molecule has 0 bridgehead atoms. The topological polar surface area (TPSA) is 53.7 Å². The third kappa shape index (κ3) is 4.59. The zero-order valence-electron chi connectivity index (χ0n) is 20.1. The Hall–Kier alpha value is -3.51. The summed E-state index contributed by atoms with van der Waals surface area (Å²) in [5, 5.41) is 4.85. The van der Waals surface area contributed by atoms with Crippen LogP contribution in [0.3, 0.4) is 0 Å². The average molecular weight is 454 g/mol. The molecular weight excluding hydrogens is 422 g/mol. The number of rotatable bonds is 4. The fourth-order valence-corrected chi connectivity index (χ4v) is 4.38. The van der Waals surface area contributed by atoms with Crippen molar-refractivity contribution in [1.82, 2.24) is 24.4 Å². The predicted molar refractivity (Wildman–Crippen MR) is 135 cm³/mol. The Morgan fingerprint density at radius 3 is 2.18 bits per heavy atom. The van der Waals surface area contributed by atoms with Crippen LogP contribution in [0.2, 0.25) is 0 Å². The lowest BCUT2D eigenvalue weighted by Crippen LogP contribution is -2.48. The number of hydrogen-bond acceptors (Lipinski definition) is 4. The third-order valence-electron chi connectivity index (χ3n) is 6.39. The van der Waals surface area contributed by atoms with Crippen molar-refractivity contribution < 1.29 is 4.79 Å². The minimum atomic E-state index is -0.110. The van der Waals surface area contributed by atoms with Crippen molar-refractivity contribution in [1.29, 1.82) is 0 Å². The van der Waals surface area contributed by atoms with Crippen LogP contribution in [0.25, 0.3) is 16.9 Å². The number of aromatic nitrogens is 3. The molecule has 1 amide bonds. The van der Waals surface area contributed by atoms with E-state index in [2.05, 4.69) is 49.9 Å². The van der Waals surface area contributed by atoms with Gasteiger partial charge in [-0.3, -0.25) is 9.69 Å². The molecule has 1 aliphatic heterocycles. The first-order chi connectivity index (χ1) is 16.4. The highest BCUT2D eigenvalue weighted by atomic mass is 16.2. The maximum atomic E-state index is 13.5. The van der Waals surface area contributed by atoms with Gasteiger partial charge in [-0.25, -0.2) is 9.50 Å². The Balaban J connectivity index is 1.41. The molecule has 5 rings (SSSR count). The maximum absolute atomic E-state index is 13.5. The standard InChI is InChI=1S/C28H31N5O/c1-28(2,3)25-19-26-29-23(18-24(33(26)30-25)22-12-8-5-9-13-22)27(34)32-16-14-31(15-17-32)20-21-10-6-4-7-11-21/h4-13,18-19H,14-17,20H2,1-3H3. The lowest BCUT2D eigenvalue weighted by atomic mass is 9.93. The van der Waals surface area contributed by atoms with E-state index in [0.717, 1.165) is 36.6 Å². The maximum Gasteiger partial charge on any atom is 0.272 e. The van der Waals surface area contributed by atoms with Gasteiger partial charge >= 0.3 is 0 Å². The highest BCUT2D eigenvalue weighted by Crippen LogP contribution is 2.26. The summed E-state index contributed by atoms with van der Waals surface area (Å²) in [6.45, 7) is 10.4. The Morgan fingerprint density at radius 1 is 0.882 bits per heavy atom. The van der Waals surface area contributed by atoms with Crippen LogP contribution < -0.4 is 0 Å². The van der Waals surface area contributed by atoms with Gasteiger partial charge in [0.05, 0.1) is 11.4 Å². The lowest BCUT2D eigenvalue weighted by molar-refractivity contribution is 0.0623. The van der Waals surface area contributed by atoms with Gasteiger partial charge in [0.15, 0.2) is 5.65 Å². The molecule has 0 unspecified atom stereocenters. The third-order valence-corrected chi connectivity index (χ3v) is 6.39. The number of benzene rings is 2. The van der Waals surface area contributed by atoms with Crippen LogP contribution in [0, 0.1) is 0 Å². The van der Waals surface area contributed by atoms with E-state index in [9.17, 15) is 4.79 Å². The van der Waals surface area contributed by atoms with Crippen molar-refractivity contribution in [3.8, 4) is 11.3 Å². The van der Waals surface area contributed by atoms with Gasteiger partial charge in [0.25, 0.3) is 5.91 Å². The first-order valence-electron chi connectivity index (χ1n) is 11.9. The summed E-state index contributed by atoms with van der Waals surface area (Å²) in [7, 11) is 0. The molecule has 1 saturated heterocycles. The Kier molecular flexibility index (Phi) is 5.92. The van der Waals surface area contributed by atoms with Gasteiger partial charge in [-0.2, -0.15) is 5.10 Å². The summed E-state index contributed by atoms with van der Waals surface area (Å²) in [6, 6.07) is 24.5. The second-order valence-electron chi connectivity index (χ2n) is 10.00. The van der Waals surface area contributed by atoms with Crippen LogP contribution in [0.5, 0.6) is 0 Å². The van der Waals surface area contributed by atoms with Crippen molar-refractivity contribution in [3.05, 3.63) is 89.7 Å². The number of hydrogen-bond donors (Lipinski definition) is 0. The van der Waals surface area contributed by atoms with E-state index in [1.807, 2.05) is 57.9 Å². The summed E-state index contributed by atoms with van der Waals surface area (Å²) in [5.74, 6) is -0.0162. The molecule has 6 heteroatoms. The second kappa shape index (κ2) is 9.03. The van der Waals surface area contributed by atoms with Gasteiger partial charge in [0, 0.05) is 49.8 Å². The minimum Gasteiger partial charge on any atom is -0.335 e. The van der Waals surface area contributed by atoms with Crippen molar-refractivity contribution >= 4 is 11.6 Å². The fraction of sp³-hybridized carbons (Fsp3) is 0.321. The van der Waals surface area contributed by atoms with Gasteiger partial charge in [-0.15, -0.1) is 0 Å². The molecule has 2 aromatic carbocycles. The molecule has 6 nitrogen and oxygen atoms in total. The Morgan fingerprint density at radius 2 is 1.53 bits per heavy atom. The summed E-state index contributed by atoms with van der Waals surface area (Å²) < 4.78 is 1.87. The zero-order valence-corrected chi connectivity index (χ0v) is 20.1. The number of amides is 1.